The van der Waals surface area contributed by atoms with Crippen LogP contribution in [0.5, 0.6) is 0 Å². The number of aromatic carboxylic acids is 1. The van der Waals surface area contributed by atoms with Gasteiger partial charge in [0.1, 0.15) is 6.33 Å². The van der Waals surface area contributed by atoms with E-state index >= 15 is 0 Å². The fraction of sp³-hybridized carbons (Fsp3) is 0.556. The summed E-state index contributed by atoms with van der Waals surface area (Å²) in [6, 6.07) is 10.6. The van der Waals surface area contributed by atoms with Crippen molar-refractivity contribution in [3.05, 3.63) is 66.4 Å². The van der Waals surface area contributed by atoms with Crippen LogP contribution in [0.4, 0.5) is 13.2 Å². The van der Waals surface area contributed by atoms with E-state index in [0.717, 1.165) is 62.8 Å². The summed E-state index contributed by atoms with van der Waals surface area (Å²) in [6.07, 6.45) is 19.0. The lowest BCUT2D eigenvalue weighted by Gasteiger charge is -2.17. The number of fused-ring (bicyclic) bond motifs is 3. The highest BCUT2D eigenvalue weighted by Crippen LogP contribution is 2.32. The first-order valence-corrected chi connectivity index (χ1v) is 17.0. The van der Waals surface area contributed by atoms with Gasteiger partial charge in [-0.15, -0.1) is 0 Å². The fourth-order valence-electron chi connectivity index (χ4n) is 5.53. The molecule has 0 saturated carbocycles. The normalized spacial score (nSPS) is 11.5. The van der Waals surface area contributed by atoms with Gasteiger partial charge in [0.15, 0.2) is 5.82 Å². The van der Waals surface area contributed by atoms with Crippen LogP contribution in [0.3, 0.4) is 0 Å². The maximum Gasteiger partial charge on any atom is 0.389 e. The van der Waals surface area contributed by atoms with Crippen molar-refractivity contribution in [2.45, 2.75) is 122 Å². The maximum atomic E-state index is 12.2. The van der Waals surface area contributed by atoms with Gasteiger partial charge in [-0.2, -0.15) is 13.2 Å². The second kappa shape index (κ2) is 20.4. The minimum Gasteiger partial charge on any atom is -0.478 e. The fourth-order valence-corrected chi connectivity index (χ4v) is 5.53. The molecule has 0 amide bonds. The second-order valence-electron chi connectivity index (χ2n) is 12.0. The highest BCUT2D eigenvalue weighted by atomic mass is 19.4. The molecule has 2 aliphatic heterocycles. The van der Waals surface area contributed by atoms with E-state index in [9.17, 15) is 18.0 Å². The summed E-state index contributed by atoms with van der Waals surface area (Å²) in [6.45, 7) is 3.20. The summed E-state index contributed by atoms with van der Waals surface area (Å²) < 4.78 is 38.9. The van der Waals surface area contributed by atoms with Crippen LogP contribution in [0, 0.1) is 0 Å². The minimum atomic E-state index is -4.01. The Balaban J connectivity index is 0.000000549. The third-order valence-corrected chi connectivity index (χ3v) is 8.06. The number of alkyl halides is 3. The first kappa shape index (κ1) is 36.8. The van der Waals surface area contributed by atoms with E-state index in [1.54, 1.807) is 0 Å². The standard InChI is InChI=1S/C31H46F3N3.C5H4N2O2/c1-2-3-4-5-6-10-13-18-23-35-37-25-26(19-14-11-8-7-9-12-17-22-31(32,33)34)24-28-27-20-15-16-21-29(27)36-30(28)37;8-5(9)4-1-6-3-7-2-4/h15-16,20-21,24-25,35H,2-14,17-19,22-23H2,1H3;1-3H,(H,8,9). The molecular formula is C36H50F3N5O2. The molecule has 7 nitrogen and oxygen atoms in total. The Morgan fingerprint density at radius 2 is 1.46 bits per heavy atom. The van der Waals surface area contributed by atoms with Crippen LogP contribution in [-0.2, 0) is 6.42 Å². The summed E-state index contributed by atoms with van der Waals surface area (Å²) in [5.74, 6) is -0.0148. The topological polar surface area (TPSA) is 92.9 Å². The number of hydrogen-bond donors (Lipinski definition) is 2. The van der Waals surface area contributed by atoms with Crippen LogP contribution in [0.2, 0.25) is 0 Å². The summed E-state index contributed by atoms with van der Waals surface area (Å²) in [5, 5.41) is 9.50. The first-order valence-electron chi connectivity index (χ1n) is 17.0. The molecule has 3 heterocycles. The molecule has 2 aromatic rings. The van der Waals surface area contributed by atoms with Crippen molar-refractivity contribution in [2.24, 2.45) is 0 Å². The van der Waals surface area contributed by atoms with Gasteiger partial charge < -0.3 is 10.5 Å². The highest BCUT2D eigenvalue weighted by Gasteiger charge is 2.25. The maximum absolute atomic E-state index is 12.2. The Labute approximate surface area is 271 Å². The average molecular weight is 642 g/mol. The second-order valence-corrected chi connectivity index (χ2v) is 12.0. The Bertz CT molecular complexity index is 1380. The Kier molecular flexibility index (Phi) is 16.3. The zero-order valence-electron chi connectivity index (χ0n) is 27.2. The number of aryl methyl sites for hydroxylation is 1. The summed E-state index contributed by atoms with van der Waals surface area (Å²) in [7, 11) is 0. The van der Waals surface area contributed by atoms with Crippen molar-refractivity contribution in [1.29, 1.82) is 0 Å². The van der Waals surface area contributed by atoms with E-state index in [4.69, 9.17) is 10.1 Å². The number of nitrogens with zero attached hydrogens (tertiary/aromatic N) is 4. The first-order chi connectivity index (χ1) is 22.3. The van der Waals surface area contributed by atoms with E-state index < -0.39 is 18.6 Å². The quantitative estimate of drug-likeness (QED) is 0.0933. The molecule has 2 N–H and O–H groups in total. The van der Waals surface area contributed by atoms with Crippen LogP contribution in [0.25, 0.3) is 22.3 Å². The van der Waals surface area contributed by atoms with Gasteiger partial charge in [-0.3, -0.25) is 0 Å². The average Bonchev–Trinajstić information content (AvgIpc) is 3.42. The smallest absolute Gasteiger partial charge is 0.389 e. The number of unbranched alkanes of at least 4 members (excludes halogenated alkanes) is 13. The third kappa shape index (κ3) is 13.7. The minimum absolute atomic E-state index is 0.109. The molecule has 1 aromatic heterocycles. The van der Waals surface area contributed by atoms with Gasteiger partial charge in [0, 0.05) is 42.5 Å². The van der Waals surface area contributed by atoms with E-state index in [-0.39, 0.29) is 12.0 Å². The summed E-state index contributed by atoms with van der Waals surface area (Å²) in [4.78, 5) is 22.1. The van der Waals surface area contributed by atoms with E-state index in [1.807, 2.05) is 6.07 Å². The lowest BCUT2D eigenvalue weighted by molar-refractivity contribution is -0.135. The zero-order valence-corrected chi connectivity index (χ0v) is 27.2. The number of aromatic nitrogens is 4. The Morgan fingerprint density at radius 1 is 0.848 bits per heavy atom. The molecule has 4 rings (SSSR count). The number of rotatable bonds is 20. The number of carboxylic acid groups (broad SMARTS) is 1. The third-order valence-electron chi connectivity index (χ3n) is 8.06. The number of hydrogen-bond acceptors (Lipinski definition) is 5. The molecule has 0 atom stereocenters. The number of nitrogens with one attached hydrogen (secondary N) is 1. The largest absolute Gasteiger partial charge is 0.478 e. The molecule has 1 aromatic carbocycles. The molecule has 0 aliphatic carbocycles. The van der Waals surface area contributed by atoms with Crippen LogP contribution in [0.15, 0.2) is 55.2 Å². The lowest BCUT2D eigenvalue weighted by atomic mass is 10.0. The van der Waals surface area contributed by atoms with E-state index in [2.05, 4.69) is 57.5 Å². The predicted octanol–water partition coefficient (Wildman–Crippen LogP) is 10.2. The number of carbonyl (C=O) groups is 1. The lowest BCUT2D eigenvalue weighted by Crippen LogP contribution is -2.19. The van der Waals surface area contributed by atoms with Gasteiger partial charge in [-0.25, -0.2) is 24.4 Å². The van der Waals surface area contributed by atoms with E-state index in [1.165, 1.54) is 80.2 Å². The summed E-state index contributed by atoms with van der Waals surface area (Å²) in [5.41, 5.74) is 7.25. The van der Waals surface area contributed by atoms with Gasteiger partial charge in [0.25, 0.3) is 0 Å². The van der Waals surface area contributed by atoms with Crippen LogP contribution >= 0.6 is 0 Å². The molecular weight excluding hydrogens is 591 g/mol. The van der Waals surface area contributed by atoms with Crippen LogP contribution < -0.4 is 5.43 Å². The van der Waals surface area contributed by atoms with Crippen LogP contribution in [0.1, 0.15) is 126 Å². The monoisotopic (exact) mass is 641 g/mol. The van der Waals surface area contributed by atoms with Crippen molar-refractivity contribution in [3.63, 3.8) is 0 Å². The van der Waals surface area contributed by atoms with Gasteiger partial charge in [0.05, 0.1) is 11.1 Å². The predicted molar refractivity (Wildman–Crippen MR) is 179 cm³/mol. The highest BCUT2D eigenvalue weighted by molar-refractivity contribution is 5.96. The molecule has 252 valence electrons. The van der Waals surface area contributed by atoms with Crippen molar-refractivity contribution in [1.82, 2.24) is 19.6 Å². The number of benzene rings is 1. The van der Waals surface area contributed by atoms with Gasteiger partial charge in [-0.05, 0) is 43.4 Å². The molecule has 0 saturated heterocycles. The van der Waals surface area contributed by atoms with Crippen molar-refractivity contribution >= 4 is 16.9 Å². The summed E-state index contributed by atoms with van der Waals surface area (Å²) >= 11 is 0. The Morgan fingerprint density at radius 3 is 2.09 bits per heavy atom. The molecule has 0 unspecified atom stereocenters. The number of halogens is 3. The molecule has 0 fully saturated rings. The van der Waals surface area contributed by atoms with Gasteiger partial charge >= 0.3 is 12.1 Å². The molecule has 10 heteroatoms. The molecule has 0 radical (unpaired) electrons. The SMILES string of the molecule is CCCCCCCCCCNn1cc(CCCCCCCCCC(F)(F)F)cc2c3ccccc3nc1-2.O=C(O)c1cncnc1. The van der Waals surface area contributed by atoms with Gasteiger partial charge in [-0.1, -0.05) is 102 Å². The molecule has 0 bridgehead atoms. The Hall–Kier alpha value is -3.69. The number of para-hydroxylation sites is 1. The molecule has 0 spiro atoms. The van der Waals surface area contributed by atoms with Crippen molar-refractivity contribution in [2.75, 3.05) is 12.0 Å². The van der Waals surface area contributed by atoms with Crippen molar-refractivity contribution < 1.29 is 23.1 Å². The number of pyridine rings is 1. The zero-order chi connectivity index (χ0) is 33.0. The molecule has 46 heavy (non-hydrogen) atoms. The van der Waals surface area contributed by atoms with Gasteiger partial charge in [0.2, 0.25) is 0 Å². The van der Waals surface area contributed by atoms with Crippen LogP contribution in [-0.4, -0.2) is 43.4 Å². The van der Waals surface area contributed by atoms with E-state index in [0.29, 0.717) is 6.42 Å². The van der Waals surface area contributed by atoms with Crippen molar-refractivity contribution in [3.8, 4) is 11.4 Å². The number of carboxylic acids is 1. The molecule has 2 aliphatic rings.